The van der Waals surface area contributed by atoms with Crippen molar-refractivity contribution >= 4 is 11.9 Å². The number of ketones is 1. The van der Waals surface area contributed by atoms with Gasteiger partial charge in [-0.15, -0.1) is 0 Å². The second-order valence-corrected chi connectivity index (χ2v) is 3.39. The van der Waals surface area contributed by atoms with Crippen LogP contribution in [0.4, 0.5) is 0 Å². The molecule has 0 aliphatic rings. The molecule has 0 radical (unpaired) electrons. The van der Waals surface area contributed by atoms with E-state index in [-0.39, 0.29) is 5.78 Å². The largest absolute Gasteiger partial charge is 0.494 e. The number of benzene rings is 1. The molecule has 0 amide bonds. The van der Waals surface area contributed by atoms with Gasteiger partial charge in [-0.2, -0.15) is 0 Å². The van der Waals surface area contributed by atoms with Gasteiger partial charge in [0.15, 0.2) is 5.78 Å². The van der Waals surface area contributed by atoms with Gasteiger partial charge < -0.3 is 4.74 Å². The topological polar surface area (TPSA) is 26.3 Å². The average Bonchev–Trinajstić information content (AvgIpc) is 2.18. The van der Waals surface area contributed by atoms with Gasteiger partial charge in [0.2, 0.25) is 0 Å². The number of carbonyl (C=O) groups is 1. The molecular formula is C13H16O2. The van der Waals surface area contributed by atoms with Crippen molar-refractivity contribution in [3.05, 3.63) is 35.4 Å². The smallest absolute Gasteiger partial charge is 0.155 e. The summed E-state index contributed by atoms with van der Waals surface area (Å²) in [6.45, 7) is 5.98. The van der Waals surface area contributed by atoms with E-state index in [9.17, 15) is 4.79 Å². The Morgan fingerprint density at radius 3 is 2.73 bits per heavy atom. The van der Waals surface area contributed by atoms with Crippen LogP contribution in [0.25, 0.3) is 6.08 Å². The van der Waals surface area contributed by atoms with Crippen molar-refractivity contribution in [3.63, 3.8) is 0 Å². The summed E-state index contributed by atoms with van der Waals surface area (Å²) >= 11 is 0. The van der Waals surface area contributed by atoms with Crippen LogP contribution in [0.5, 0.6) is 5.75 Å². The van der Waals surface area contributed by atoms with Crippen LogP contribution in [0.3, 0.4) is 0 Å². The first-order valence-electron chi connectivity index (χ1n) is 5.05. The van der Waals surface area contributed by atoms with Gasteiger partial charge in [0.05, 0.1) is 6.61 Å². The van der Waals surface area contributed by atoms with E-state index in [2.05, 4.69) is 0 Å². The van der Waals surface area contributed by atoms with Crippen LogP contribution in [0.15, 0.2) is 29.8 Å². The second-order valence-electron chi connectivity index (χ2n) is 3.39. The molecule has 0 saturated heterocycles. The van der Waals surface area contributed by atoms with E-state index in [4.69, 9.17) is 4.74 Å². The minimum Gasteiger partial charge on any atom is -0.494 e. The molecule has 0 saturated carbocycles. The van der Waals surface area contributed by atoms with Gasteiger partial charge in [-0.25, -0.2) is 0 Å². The summed E-state index contributed by atoms with van der Waals surface area (Å²) in [6, 6.07) is 7.71. The summed E-state index contributed by atoms with van der Waals surface area (Å²) < 4.78 is 5.37. The fourth-order valence-electron chi connectivity index (χ4n) is 1.21. The molecule has 15 heavy (non-hydrogen) atoms. The third-order valence-electron chi connectivity index (χ3n) is 2.11. The molecule has 0 aromatic heterocycles. The third-order valence-corrected chi connectivity index (χ3v) is 2.11. The number of carbonyl (C=O) groups excluding carboxylic acids is 1. The third kappa shape index (κ3) is 3.58. The van der Waals surface area contributed by atoms with Gasteiger partial charge in [-0.1, -0.05) is 12.1 Å². The minimum absolute atomic E-state index is 0.0943. The number of allylic oxidation sites excluding steroid dienone is 1. The Hall–Kier alpha value is -1.57. The Labute approximate surface area is 90.6 Å². The van der Waals surface area contributed by atoms with Gasteiger partial charge in [-0.05, 0) is 50.1 Å². The molecule has 0 fully saturated rings. The van der Waals surface area contributed by atoms with Gasteiger partial charge >= 0.3 is 0 Å². The Kier molecular flexibility index (Phi) is 4.10. The Morgan fingerprint density at radius 1 is 1.40 bits per heavy atom. The normalized spacial score (nSPS) is 11.3. The summed E-state index contributed by atoms with van der Waals surface area (Å²) in [4.78, 5) is 11.1. The number of hydrogen-bond acceptors (Lipinski definition) is 2. The van der Waals surface area contributed by atoms with Crippen LogP contribution < -0.4 is 4.74 Å². The predicted octanol–water partition coefficient (Wildman–Crippen LogP) is 3.08. The van der Waals surface area contributed by atoms with E-state index >= 15 is 0 Å². The number of ether oxygens (including phenoxy) is 1. The fraction of sp³-hybridized carbons (Fsp3) is 0.308. The molecule has 0 spiro atoms. The average molecular weight is 204 g/mol. The highest BCUT2D eigenvalue weighted by Gasteiger charge is 1.98. The van der Waals surface area contributed by atoms with Crippen LogP contribution in [0, 0.1) is 0 Å². The van der Waals surface area contributed by atoms with Crippen molar-refractivity contribution in [1.29, 1.82) is 0 Å². The first-order valence-corrected chi connectivity index (χ1v) is 5.05. The first-order chi connectivity index (χ1) is 7.13. The zero-order chi connectivity index (χ0) is 11.3. The molecule has 1 rings (SSSR count). The molecule has 0 unspecified atom stereocenters. The molecule has 80 valence electrons. The highest BCUT2D eigenvalue weighted by Crippen LogP contribution is 2.15. The maximum atomic E-state index is 11.1. The van der Waals surface area contributed by atoms with Crippen LogP contribution in [-0.2, 0) is 4.79 Å². The van der Waals surface area contributed by atoms with Crippen LogP contribution in [-0.4, -0.2) is 12.4 Å². The van der Waals surface area contributed by atoms with Gasteiger partial charge in [0.1, 0.15) is 5.75 Å². The molecule has 0 heterocycles. The maximum Gasteiger partial charge on any atom is 0.155 e. The molecule has 0 aliphatic heterocycles. The first kappa shape index (κ1) is 11.5. The van der Waals surface area contributed by atoms with E-state index in [1.165, 1.54) is 0 Å². The van der Waals surface area contributed by atoms with Crippen LogP contribution in [0.2, 0.25) is 0 Å². The molecule has 1 aromatic rings. The highest BCUT2D eigenvalue weighted by atomic mass is 16.5. The molecule has 2 nitrogen and oxygen atoms in total. The molecule has 0 atom stereocenters. The Bertz CT molecular complexity index is 378. The molecular weight excluding hydrogens is 188 g/mol. The quantitative estimate of drug-likeness (QED) is 0.704. The van der Waals surface area contributed by atoms with E-state index in [0.29, 0.717) is 6.61 Å². The SMILES string of the molecule is CCOc1cccc(/C=C(/C)C(C)=O)c1. The van der Waals surface area contributed by atoms with Gasteiger partial charge in [0.25, 0.3) is 0 Å². The molecule has 0 bridgehead atoms. The maximum absolute atomic E-state index is 11.1. The van der Waals surface area contributed by atoms with E-state index in [1.807, 2.05) is 44.2 Å². The van der Waals surface area contributed by atoms with Crippen LogP contribution >= 0.6 is 0 Å². The Balaban J connectivity index is 2.91. The van der Waals surface area contributed by atoms with E-state index < -0.39 is 0 Å². The minimum atomic E-state index is 0.0943. The van der Waals surface area contributed by atoms with Crippen molar-refractivity contribution in [2.24, 2.45) is 0 Å². The van der Waals surface area contributed by atoms with E-state index in [0.717, 1.165) is 16.9 Å². The predicted molar refractivity (Wildman–Crippen MR) is 61.9 cm³/mol. The zero-order valence-corrected chi connectivity index (χ0v) is 9.41. The Morgan fingerprint density at radius 2 is 2.13 bits per heavy atom. The standard InChI is InChI=1S/C13H16O2/c1-4-15-13-7-5-6-12(9-13)8-10(2)11(3)14/h5-9H,4H2,1-3H3/b10-8-. The monoisotopic (exact) mass is 204 g/mol. The number of rotatable bonds is 4. The number of Topliss-reactive ketones (excluding diaryl/α,β-unsaturated/α-hetero) is 1. The van der Waals surface area contributed by atoms with Crippen molar-refractivity contribution in [3.8, 4) is 5.75 Å². The van der Waals surface area contributed by atoms with Crippen molar-refractivity contribution in [1.82, 2.24) is 0 Å². The van der Waals surface area contributed by atoms with Crippen molar-refractivity contribution < 1.29 is 9.53 Å². The molecule has 0 N–H and O–H groups in total. The highest BCUT2D eigenvalue weighted by molar-refractivity contribution is 5.97. The fourth-order valence-corrected chi connectivity index (χ4v) is 1.21. The van der Waals surface area contributed by atoms with E-state index in [1.54, 1.807) is 6.92 Å². The lowest BCUT2D eigenvalue weighted by Crippen LogP contribution is -1.93. The van der Waals surface area contributed by atoms with Gasteiger partial charge in [0, 0.05) is 0 Å². The molecule has 2 heteroatoms. The van der Waals surface area contributed by atoms with Crippen LogP contribution in [0.1, 0.15) is 26.3 Å². The molecule has 1 aromatic carbocycles. The van der Waals surface area contributed by atoms with Crippen molar-refractivity contribution in [2.75, 3.05) is 6.61 Å². The van der Waals surface area contributed by atoms with Crippen molar-refractivity contribution in [2.45, 2.75) is 20.8 Å². The summed E-state index contributed by atoms with van der Waals surface area (Å²) in [5.41, 5.74) is 1.75. The zero-order valence-electron chi connectivity index (χ0n) is 9.41. The lowest BCUT2D eigenvalue weighted by molar-refractivity contribution is -0.113. The number of hydrogen-bond donors (Lipinski definition) is 0. The van der Waals surface area contributed by atoms with Gasteiger partial charge in [-0.3, -0.25) is 4.79 Å². The molecule has 0 aliphatic carbocycles. The summed E-state index contributed by atoms with van der Waals surface area (Å²) in [6.07, 6.45) is 1.87. The summed E-state index contributed by atoms with van der Waals surface area (Å²) in [7, 11) is 0. The second kappa shape index (κ2) is 5.35. The summed E-state index contributed by atoms with van der Waals surface area (Å²) in [5.74, 6) is 0.930. The summed E-state index contributed by atoms with van der Waals surface area (Å²) in [5, 5.41) is 0. The lowest BCUT2D eigenvalue weighted by Gasteiger charge is -2.03. The lowest BCUT2D eigenvalue weighted by atomic mass is 10.1.